The molecule has 6 heteroatoms. The summed E-state index contributed by atoms with van der Waals surface area (Å²) >= 11 is 3.11. The van der Waals surface area contributed by atoms with Gasteiger partial charge in [-0.05, 0) is 25.5 Å². The van der Waals surface area contributed by atoms with E-state index in [1.54, 1.807) is 6.92 Å². The highest BCUT2D eigenvalue weighted by atomic mass is 79.9. The Morgan fingerprint density at radius 2 is 2.21 bits per heavy atom. The van der Waals surface area contributed by atoms with Crippen molar-refractivity contribution in [2.24, 2.45) is 0 Å². The zero-order valence-electron chi connectivity index (χ0n) is 10.4. The van der Waals surface area contributed by atoms with Gasteiger partial charge in [0, 0.05) is 16.6 Å². The molecule has 0 saturated heterocycles. The molecule has 104 valence electrons. The second kappa shape index (κ2) is 6.68. The Labute approximate surface area is 119 Å². The van der Waals surface area contributed by atoms with Crippen LogP contribution >= 0.6 is 15.9 Å². The molecule has 0 bridgehead atoms. The molecule has 0 aliphatic carbocycles. The van der Waals surface area contributed by atoms with E-state index in [1.807, 2.05) is 0 Å². The lowest BCUT2D eigenvalue weighted by molar-refractivity contribution is -0.139. The molecule has 0 spiro atoms. The summed E-state index contributed by atoms with van der Waals surface area (Å²) in [5.74, 6) is -2.24. The van der Waals surface area contributed by atoms with E-state index in [0.29, 0.717) is 10.0 Å². The van der Waals surface area contributed by atoms with Gasteiger partial charge in [-0.3, -0.25) is 10.1 Å². The van der Waals surface area contributed by atoms with Crippen LogP contribution in [0.1, 0.15) is 18.9 Å². The molecular formula is C13H15BrFNO3. The number of aromatic hydroxyl groups is 1. The van der Waals surface area contributed by atoms with Crippen LogP contribution in [0, 0.1) is 5.82 Å². The lowest BCUT2D eigenvalue weighted by atomic mass is 10.1. The van der Waals surface area contributed by atoms with Crippen molar-refractivity contribution in [3.8, 4) is 5.75 Å². The first-order valence-electron chi connectivity index (χ1n) is 5.58. The van der Waals surface area contributed by atoms with Crippen molar-refractivity contribution in [2.45, 2.75) is 25.9 Å². The molecule has 0 aromatic heterocycles. The van der Waals surface area contributed by atoms with Crippen LogP contribution in [-0.4, -0.2) is 22.2 Å². The Bertz CT molecular complexity index is 505. The van der Waals surface area contributed by atoms with Crippen LogP contribution in [0.15, 0.2) is 28.8 Å². The number of halogens is 2. The summed E-state index contributed by atoms with van der Waals surface area (Å²) in [4.78, 5) is 11.0. The fraction of sp³-hybridized carbons (Fsp3) is 0.308. The van der Waals surface area contributed by atoms with Gasteiger partial charge >= 0.3 is 5.97 Å². The summed E-state index contributed by atoms with van der Waals surface area (Å²) in [7, 11) is 0. The number of phenolic OH excluding ortho intramolecular Hbond substituents is 1. The Balaban J connectivity index is 2.79. The standard InChI is InChI=1S/C13H15BrFNO3/c1-7(2)3-11(13(18)19)16-6-8-4-9(14)5-10(15)12(8)17/h4-5,11,16-17H,1,3,6H2,2H3,(H,18,19). The molecule has 1 unspecified atom stereocenters. The maximum absolute atomic E-state index is 13.3. The number of carbonyl (C=O) groups is 1. The van der Waals surface area contributed by atoms with Gasteiger partial charge in [-0.15, -0.1) is 6.58 Å². The molecule has 0 aliphatic heterocycles. The lowest BCUT2D eigenvalue weighted by Crippen LogP contribution is -2.36. The van der Waals surface area contributed by atoms with E-state index in [2.05, 4.69) is 27.8 Å². The fourth-order valence-corrected chi connectivity index (χ4v) is 2.06. The number of nitrogens with one attached hydrogen (secondary N) is 1. The molecule has 0 amide bonds. The number of aliphatic carboxylic acids is 1. The van der Waals surface area contributed by atoms with Crippen molar-refractivity contribution < 1.29 is 19.4 Å². The summed E-state index contributed by atoms with van der Waals surface area (Å²) in [6.07, 6.45) is 0.270. The van der Waals surface area contributed by atoms with Gasteiger partial charge in [0.15, 0.2) is 11.6 Å². The van der Waals surface area contributed by atoms with E-state index in [0.717, 1.165) is 11.6 Å². The van der Waals surface area contributed by atoms with E-state index in [-0.39, 0.29) is 13.0 Å². The number of benzene rings is 1. The number of carboxylic acids is 1. The molecule has 1 aromatic rings. The molecule has 1 atom stereocenters. The zero-order valence-corrected chi connectivity index (χ0v) is 12.0. The van der Waals surface area contributed by atoms with Gasteiger partial charge in [0.05, 0.1) is 0 Å². The molecule has 1 rings (SSSR count). The van der Waals surface area contributed by atoms with Gasteiger partial charge < -0.3 is 10.2 Å². The van der Waals surface area contributed by atoms with Gasteiger partial charge in [0.1, 0.15) is 6.04 Å². The van der Waals surface area contributed by atoms with E-state index >= 15 is 0 Å². The van der Waals surface area contributed by atoms with Gasteiger partial charge in [0.2, 0.25) is 0 Å². The predicted molar refractivity (Wildman–Crippen MR) is 73.5 cm³/mol. The Hall–Kier alpha value is -1.40. The smallest absolute Gasteiger partial charge is 0.321 e. The third kappa shape index (κ3) is 4.65. The predicted octanol–water partition coefficient (Wildman–Crippen LogP) is 2.80. The van der Waals surface area contributed by atoms with Crippen molar-refractivity contribution in [3.63, 3.8) is 0 Å². The van der Waals surface area contributed by atoms with Crippen LogP contribution in [0.2, 0.25) is 0 Å². The summed E-state index contributed by atoms with van der Waals surface area (Å²) in [6.45, 7) is 5.44. The van der Waals surface area contributed by atoms with Crippen LogP contribution in [0.25, 0.3) is 0 Å². The maximum Gasteiger partial charge on any atom is 0.321 e. The average Bonchev–Trinajstić information content (AvgIpc) is 2.29. The van der Waals surface area contributed by atoms with Crippen LogP contribution in [0.5, 0.6) is 5.75 Å². The lowest BCUT2D eigenvalue weighted by Gasteiger charge is -2.15. The molecule has 0 aliphatic rings. The third-order valence-electron chi connectivity index (χ3n) is 2.50. The van der Waals surface area contributed by atoms with Crippen molar-refractivity contribution in [1.82, 2.24) is 5.32 Å². The molecule has 0 heterocycles. The molecule has 3 N–H and O–H groups in total. The fourth-order valence-electron chi connectivity index (χ4n) is 1.58. The molecule has 1 aromatic carbocycles. The Morgan fingerprint density at radius 1 is 1.58 bits per heavy atom. The van der Waals surface area contributed by atoms with Gasteiger partial charge in [-0.1, -0.05) is 21.5 Å². The SMILES string of the molecule is C=C(C)CC(NCc1cc(Br)cc(F)c1O)C(=O)O. The highest BCUT2D eigenvalue weighted by Crippen LogP contribution is 2.26. The maximum atomic E-state index is 13.3. The first kappa shape index (κ1) is 15.7. The van der Waals surface area contributed by atoms with Crippen LogP contribution in [0.4, 0.5) is 4.39 Å². The van der Waals surface area contributed by atoms with E-state index in [1.165, 1.54) is 6.07 Å². The molecule has 0 saturated carbocycles. The second-order valence-corrected chi connectivity index (χ2v) is 5.24. The van der Waals surface area contributed by atoms with E-state index < -0.39 is 23.6 Å². The van der Waals surface area contributed by atoms with E-state index in [4.69, 9.17) is 5.11 Å². The summed E-state index contributed by atoms with van der Waals surface area (Å²) in [5, 5.41) is 21.3. The quantitative estimate of drug-likeness (QED) is 0.701. The minimum atomic E-state index is -1.02. The average molecular weight is 332 g/mol. The number of rotatable bonds is 6. The molecular weight excluding hydrogens is 317 g/mol. The number of phenols is 1. The molecule has 0 radical (unpaired) electrons. The van der Waals surface area contributed by atoms with Gasteiger partial charge in [-0.25, -0.2) is 4.39 Å². The summed E-state index contributed by atoms with van der Waals surface area (Å²) in [6, 6.07) is 1.85. The highest BCUT2D eigenvalue weighted by molar-refractivity contribution is 9.10. The zero-order chi connectivity index (χ0) is 14.6. The van der Waals surface area contributed by atoms with E-state index in [9.17, 15) is 14.3 Å². The van der Waals surface area contributed by atoms with Crippen LogP contribution in [-0.2, 0) is 11.3 Å². The largest absolute Gasteiger partial charge is 0.505 e. The normalized spacial score (nSPS) is 12.2. The van der Waals surface area contributed by atoms with Gasteiger partial charge in [0.25, 0.3) is 0 Å². The third-order valence-corrected chi connectivity index (χ3v) is 2.95. The minimum Gasteiger partial charge on any atom is -0.505 e. The molecule has 0 fully saturated rings. The summed E-state index contributed by atoms with van der Waals surface area (Å²) in [5.41, 5.74) is 1.02. The minimum absolute atomic E-state index is 0.0481. The van der Waals surface area contributed by atoms with Crippen molar-refractivity contribution in [3.05, 3.63) is 40.1 Å². The second-order valence-electron chi connectivity index (χ2n) is 4.33. The highest BCUT2D eigenvalue weighted by Gasteiger charge is 2.18. The topological polar surface area (TPSA) is 69.6 Å². The summed E-state index contributed by atoms with van der Waals surface area (Å²) < 4.78 is 13.8. The first-order chi connectivity index (χ1) is 8.81. The monoisotopic (exact) mass is 331 g/mol. The van der Waals surface area contributed by atoms with Crippen molar-refractivity contribution >= 4 is 21.9 Å². The molecule has 4 nitrogen and oxygen atoms in total. The van der Waals surface area contributed by atoms with Crippen LogP contribution in [0.3, 0.4) is 0 Å². The number of hydrogen-bond acceptors (Lipinski definition) is 3. The first-order valence-corrected chi connectivity index (χ1v) is 6.38. The van der Waals surface area contributed by atoms with Crippen molar-refractivity contribution in [2.75, 3.05) is 0 Å². The molecule has 19 heavy (non-hydrogen) atoms. The number of hydrogen-bond donors (Lipinski definition) is 3. The number of carboxylic acid groups (broad SMARTS) is 1. The van der Waals surface area contributed by atoms with Gasteiger partial charge in [-0.2, -0.15) is 0 Å². The van der Waals surface area contributed by atoms with Crippen LogP contribution < -0.4 is 5.32 Å². The Kier molecular flexibility index (Phi) is 5.50. The Morgan fingerprint density at radius 3 is 2.74 bits per heavy atom. The van der Waals surface area contributed by atoms with Crippen molar-refractivity contribution in [1.29, 1.82) is 0 Å².